The van der Waals surface area contributed by atoms with Crippen LogP contribution in [0.5, 0.6) is 5.75 Å². The van der Waals surface area contributed by atoms with Gasteiger partial charge in [0.2, 0.25) is 0 Å². The molecule has 3 heteroatoms. The Balaban J connectivity index is 1.98. The summed E-state index contributed by atoms with van der Waals surface area (Å²) in [5.74, 6) is 2.11. The van der Waals surface area contributed by atoms with E-state index in [1.54, 1.807) is 7.11 Å². The molecule has 1 aliphatic rings. The van der Waals surface area contributed by atoms with Crippen LogP contribution in [0.4, 0.5) is 0 Å². The quantitative estimate of drug-likeness (QED) is 0.815. The first-order valence-electron chi connectivity index (χ1n) is 7.31. The van der Waals surface area contributed by atoms with E-state index in [4.69, 9.17) is 4.74 Å². The third-order valence-electron chi connectivity index (χ3n) is 3.70. The topological polar surface area (TPSA) is 21.3 Å². The van der Waals surface area contributed by atoms with Gasteiger partial charge in [0, 0.05) is 23.1 Å². The first-order valence-corrected chi connectivity index (χ1v) is 8.36. The highest BCUT2D eigenvalue weighted by molar-refractivity contribution is 7.99. The minimum absolute atomic E-state index is 0.863. The molecule has 1 aromatic rings. The molecule has 0 unspecified atom stereocenters. The lowest BCUT2D eigenvalue weighted by molar-refractivity contribution is 0.411. The van der Waals surface area contributed by atoms with E-state index in [2.05, 4.69) is 42.2 Å². The molecule has 1 N–H and O–H groups in total. The molecule has 0 atom stereocenters. The Morgan fingerprint density at radius 3 is 2.79 bits per heavy atom. The molecule has 0 aliphatic heterocycles. The van der Waals surface area contributed by atoms with Crippen LogP contribution in [0.2, 0.25) is 0 Å². The zero-order chi connectivity index (χ0) is 13.5. The molecule has 0 bridgehead atoms. The van der Waals surface area contributed by atoms with Crippen molar-refractivity contribution in [2.24, 2.45) is 0 Å². The first kappa shape index (κ1) is 14.7. The van der Waals surface area contributed by atoms with Crippen LogP contribution in [0.15, 0.2) is 18.2 Å². The van der Waals surface area contributed by atoms with E-state index >= 15 is 0 Å². The third-order valence-corrected chi connectivity index (χ3v) is 5.12. The van der Waals surface area contributed by atoms with Crippen LogP contribution in [0.3, 0.4) is 0 Å². The average Bonchev–Trinajstić information content (AvgIpc) is 2.96. The highest BCUT2D eigenvalue weighted by Gasteiger charge is 2.16. The average molecular weight is 279 g/mol. The number of thioether (sulfide) groups is 1. The number of rotatable bonds is 7. The molecule has 106 valence electrons. The van der Waals surface area contributed by atoms with Crippen LogP contribution >= 0.6 is 11.8 Å². The van der Waals surface area contributed by atoms with Gasteiger partial charge in [-0.2, -0.15) is 11.8 Å². The molecule has 0 radical (unpaired) electrons. The first-order chi connectivity index (χ1) is 9.33. The zero-order valence-electron chi connectivity index (χ0n) is 12.1. The summed E-state index contributed by atoms with van der Waals surface area (Å²) < 4.78 is 5.49. The fraction of sp³-hybridized carbons (Fsp3) is 0.625. The summed E-state index contributed by atoms with van der Waals surface area (Å²) in [5.41, 5.74) is 2.69. The lowest BCUT2D eigenvalue weighted by Crippen LogP contribution is -2.12. The Kier molecular flexibility index (Phi) is 6.05. The lowest BCUT2D eigenvalue weighted by Gasteiger charge is -2.13. The monoisotopic (exact) mass is 279 g/mol. The normalized spacial score (nSPS) is 15.9. The van der Waals surface area contributed by atoms with Gasteiger partial charge in [0.15, 0.2) is 0 Å². The van der Waals surface area contributed by atoms with Crippen LogP contribution in [-0.4, -0.2) is 18.9 Å². The summed E-state index contributed by atoms with van der Waals surface area (Å²) in [6.07, 6.45) is 5.61. The van der Waals surface area contributed by atoms with E-state index < -0.39 is 0 Å². The summed E-state index contributed by atoms with van der Waals surface area (Å²) in [6, 6.07) is 6.56. The second kappa shape index (κ2) is 7.81. The molecule has 1 aliphatic carbocycles. The minimum Gasteiger partial charge on any atom is -0.496 e. The van der Waals surface area contributed by atoms with Crippen molar-refractivity contribution in [3.63, 3.8) is 0 Å². The van der Waals surface area contributed by atoms with E-state index in [0.29, 0.717) is 0 Å². The Morgan fingerprint density at radius 2 is 2.11 bits per heavy atom. The molecule has 1 fully saturated rings. The second-order valence-electron chi connectivity index (χ2n) is 5.14. The van der Waals surface area contributed by atoms with Crippen molar-refractivity contribution in [1.29, 1.82) is 0 Å². The smallest absolute Gasteiger partial charge is 0.122 e. The van der Waals surface area contributed by atoms with Crippen LogP contribution in [0.25, 0.3) is 0 Å². The van der Waals surface area contributed by atoms with Crippen LogP contribution < -0.4 is 10.1 Å². The molecule has 0 heterocycles. The molecule has 0 aromatic heterocycles. The zero-order valence-corrected chi connectivity index (χ0v) is 12.9. The molecule has 0 amide bonds. The highest BCUT2D eigenvalue weighted by atomic mass is 32.2. The predicted octanol–water partition coefficient (Wildman–Crippen LogP) is 3.98. The summed E-state index contributed by atoms with van der Waals surface area (Å²) in [5, 5.41) is 4.24. The second-order valence-corrected chi connectivity index (χ2v) is 6.43. The van der Waals surface area contributed by atoms with Crippen molar-refractivity contribution in [2.45, 2.75) is 50.2 Å². The molecule has 2 rings (SSSR count). The lowest BCUT2D eigenvalue weighted by atomic mass is 10.1. The van der Waals surface area contributed by atoms with Crippen molar-refractivity contribution in [3.8, 4) is 5.75 Å². The Bertz CT molecular complexity index is 388. The van der Waals surface area contributed by atoms with Crippen molar-refractivity contribution < 1.29 is 4.74 Å². The van der Waals surface area contributed by atoms with E-state index in [1.807, 2.05) is 0 Å². The van der Waals surface area contributed by atoms with Crippen molar-refractivity contribution in [3.05, 3.63) is 29.3 Å². The van der Waals surface area contributed by atoms with E-state index in [0.717, 1.165) is 29.8 Å². The Hall–Kier alpha value is -0.670. The third kappa shape index (κ3) is 4.43. The number of hydrogen-bond donors (Lipinski definition) is 1. The summed E-state index contributed by atoms with van der Waals surface area (Å²) >= 11 is 2.10. The molecule has 0 spiro atoms. The SMILES string of the molecule is CCNCc1ccc(OC)c(CSC2CCCC2)c1. The molecule has 1 aromatic carbocycles. The molecule has 1 saturated carbocycles. The Morgan fingerprint density at radius 1 is 1.32 bits per heavy atom. The standard InChI is InChI=1S/C16H25NOS/c1-3-17-11-13-8-9-16(18-2)14(10-13)12-19-15-6-4-5-7-15/h8-10,15,17H,3-7,11-12H2,1-2H3. The maximum atomic E-state index is 5.49. The van der Waals surface area contributed by atoms with Crippen molar-refractivity contribution in [1.82, 2.24) is 5.32 Å². The van der Waals surface area contributed by atoms with Crippen LogP contribution in [0, 0.1) is 0 Å². The van der Waals surface area contributed by atoms with Gasteiger partial charge >= 0.3 is 0 Å². The molecule has 19 heavy (non-hydrogen) atoms. The van der Waals surface area contributed by atoms with Gasteiger partial charge in [0.25, 0.3) is 0 Å². The molecule has 0 saturated heterocycles. The molecule has 2 nitrogen and oxygen atoms in total. The van der Waals surface area contributed by atoms with Crippen LogP contribution in [0.1, 0.15) is 43.7 Å². The molecular weight excluding hydrogens is 254 g/mol. The van der Waals surface area contributed by atoms with Gasteiger partial charge in [-0.3, -0.25) is 0 Å². The van der Waals surface area contributed by atoms with Gasteiger partial charge in [0.1, 0.15) is 5.75 Å². The van der Waals surface area contributed by atoms with Gasteiger partial charge in [-0.1, -0.05) is 25.8 Å². The van der Waals surface area contributed by atoms with E-state index in [9.17, 15) is 0 Å². The number of benzene rings is 1. The van der Waals surface area contributed by atoms with Crippen LogP contribution in [-0.2, 0) is 12.3 Å². The fourth-order valence-corrected chi connectivity index (χ4v) is 3.89. The van der Waals surface area contributed by atoms with Crippen molar-refractivity contribution in [2.75, 3.05) is 13.7 Å². The highest BCUT2D eigenvalue weighted by Crippen LogP contribution is 2.33. The summed E-state index contributed by atoms with van der Waals surface area (Å²) in [6.45, 7) is 4.10. The van der Waals surface area contributed by atoms with E-state index in [1.165, 1.54) is 36.8 Å². The number of ether oxygens (including phenoxy) is 1. The van der Waals surface area contributed by atoms with Gasteiger partial charge < -0.3 is 10.1 Å². The van der Waals surface area contributed by atoms with E-state index in [-0.39, 0.29) is 0 Å². The van der Waals surface area contributed by atoms with Gasteiger partial charge in [-0.25, -0.2) is 0 Å². The van der Waals surface area contributed by atoms with Crippen molar-refractivity contribution >= 4 is 11.8 Å². The number of hydrogen-bond acceptors (Lipinski definition) is 3. The Labute approximate surface area is 121 Å². The fourth-order valence-electron chi connectivity index (χ4n) is 2.59. The molecular formula is C16H25NOS. The summed E-state index contributed by atoms with van der Waals surface area (Å²) in [4.78, 5) is 0. The van der Waals surface area contributed by atoms with Gasteiger partial charge in [0.05, 0.1) is 7.11 Å². The summed E-state index contributed by atoms with van der Waals surface area (Å²) in [7, 11) is 1.77. The van der Waals surface area contributed by atoms with Gasteiger partial charge in [-0.15, -0.1) is 0 Å². The minimum atomic E-state index is 0.863. The largest absolute Gasteiger partial charge is 0.496 e. The number of methoxy groups -OCH3 is 1. The maximum Gasteiger partial charge on any atom is 0.122 e. The number of nitrogens with one attached hydrogen (secondary N) is 1. The van der Waals surface area contributed by atoms with Gasteiger partial charge in [-0.05, 0) is 37.1 Å². The maximum absolute atomic E-state index is 5.49. The predicted molar refractivity (Wildman–Crippen MR) is 83.9 cm³/mol.